The molecule has 0 amide bonds. The van der Waals surface area contributed by atoms with E-state index in [0.29, 0.717) is 0 Å². The third kappa shape index (κ3) is 4.42. The zero-order valence-electron chi connectivity index (χ0n) is 73.0. The molecule has 12 aromatic rings. The van der Waals surface area contributed by atoms with Gasteiger partial charge in [-0.15, -0.1) is 0 Å². The van der Waals surface area contributed by atoms with Crippen LogP contribution in [0.2, 0.25) is 0 Å². The molecule has 0 bridgehead atoms. The van der Waals surface area contributed by atoms with Crippen LogP contribution < -0.4 is 0 Å². The van der Waals surface area contributed by atoms with Crippen LogP contribution in [0.25, 0.3) is 120 Å². The monoisotopic (exact) mass is 829 g/mol. The van der Waals surface area contributed by atoms with Crippen LogP contribution in [0.5, 0.6) is 0 Å². The Morgan fingerprint density at radius 1 is 0.290 bits per heavy atom. The van der Waals surface area contributed by atoms with E-state index in [2.05, 4.69) is 0 Å². The van der Waals surface area contributed by atoms with Crippen molar-refractivity contribution >= 4 is 64.6 Å². The van der Waals surface area contributed by atoms with Crippen molar-refractivity contribution in [3.8, 4) is 55.6 Å². The summed E-state index contributed by atoms with van der Waals surface area (Å²) in [4.78, 5) is 0. The lowest BCUT2D eigenvalue weighted by molar-refractivity contribution is 0.660. The molecule has 62 heavy (non-hydrogen) atoms. The van der Waals surface area contributed by atoms with Gasteiger partial charge < -0.3 is 0 Å². The summed E-state index contributed by atoms with van der Waals surface area (Å²) >= 11 is 0. The lowest BCUT2D eigenvalue weighted by Gasteiger charge is -2.24. The lowest BCUT2D eigenvalue weighted by Crippen LogP contribution is -2.15. The molecule has 12 aromatic carbocycles. The third-order valence-electron chi connectivity index (χ3n) is 11.6. The molecule has 0 unspecified atom stereocenters. The van der Waals surface area contributed by atoms with Gasteiger partial charge in [0.05, 0.1) is 41.1 Å². The largest absolute Gasteiger partial charge is 0.0633 e. The van der Waals surface area contributed by atoms with Gasteiger partial charge in [0.2, 0.25) is 0 Å². The minimum Gasteiger partial charge on any atom is -0.0610 e. The molecular weight excluding hydrogens is 745 g/mol. The van der Waals surface area contributed by atoms with Crippen molar-refractivity contribution in [3.63, 3.8) is 0 Å². The molecule has 0 aliphatic heterocycles. The fraction of sp³-hybridized carbons (Fsp3) is 0.0968. The van der Waals surface area contributed by atoms with Gasteiger partial charge in [-0.1, -0.05) is 185 Å². The predicted molar refractivity (Wildman–Crippen MR) is 265 cm³/mol. The van der Waals surface area contributed by atoms with Crippen LogP contribution in [0.15, 0.2) is 181 Å². The molecule has 0 spiro atoms. The van der Waals surface area contributed by atoms with Gasteiger partial charge in [0.1, 0.15) is 0 Å². The van der Waals surface area contributed by atoms with Crippen LogP contribution in [0.4, 0.5) is 0 Å². The smallest absolute Gasteiger partial charge is 0.0610 e. The predicted octanol–water partition coefficient (Wildman–Crippen LogP) is 17.1. The number of rotatable bonds is 3. The second-order valence-electron chi connectivity index (χ2n) is 15.0. The maximum atomic E-state index is 10.2. The molecule has 14 rings (SSSR count). The van der Waals surface area contributed by atoms with Gasteiger partial charge in [-0.3, -0.25) is 0 Å². The van der Waals surface area contributed by atoms with Gasteiger partial charge in [-0.25, -0.2) is 0 Å². The summed E-state index contributed by atoms with van der Waals surface area (Å²) in [5, 5.41) is -6.82. The van der Waals surface area contributed by atoms with Gasteiger partial charge in [0, 0.05) is 27.3 Å². The Kier molecular flexibility index (Phi) is 2.49. The molecule has 0 heteroatoms. The zero-order chi connectivity index (χ0) is 77.3. The number of benzene rings is 12. The molecule has 0 fully saturated rings. The summed E-state index contributed by atoms with van der Waals surface area (Å²) in [6, 6.07) is -33.6. The summed E-state index contributed by atoms with van der Waals surface area (Å²) in [5.74, 6) is 0. The van der Waals surface area contributed by atoms with Crippen molar-refractivity contribution in [1.82, 2.24) is 0 Å². The molecule has 0 aromatic heterocycles. The molecule has 2 aliphatic carbocycles. The summed E-state index contributed by atoms with van der Waals surface area (Å²) < 4.78 is 393. The fourth-order valence-corrected chi connectivity index (χ4v) is 8.75. The highest BCUT2D eigenvalue weighted by Gasteiger charge is 2.38. The van der Waals surface area contributed by atoms with E-state index in [4.69, 9.17) is 13.7 Å². The highest BCUT2D eigenvalue weighted by atomic mass is 14.4. The molecule has 0 saturated carbocycles. The number of hydrogen-bond acceptors (Lipinski definition) is 0. The van der Waals surface area contributed by atoms with Gasteiger partial charge in [-0.2, -0.15) is 0 Å². The summed E-state index contributed by atoms with van der Waals surface area (Å²) in [6.07, 6.45) is 0. The van der Waals surface area contributed by atoms with E-state index in [0.717, 1.165) is 0 Å². The lowest BCUT2D eigenvalue weighted by atomic mass is 9.79. The van der Waals surface area contributed by atoms with E-state index < -0.39 is 362 Å². The zero-order valence-corrected chi connectivity index (χ0v) is 31.0. The summed E-state index contributed by atoms with van der Waals surface area (Å²) in [7, 11) is 0. The minimum absolute atomic E-state index is 0.439. The van der Waals surface area contributed by atoms with Gasteiger partial charge in [0.25, 0.3) is 0 Å². The third-order valence-corrected chi connectivity index (χ3v) is 11.6. The molecule has 0 N–H and O–H groups in total. The Balaban J connectivity index is 1.10. The molecule has 0 nitrogen and oxygen atoms in total. The van der Waals surface area contributed by atoms with Crippen LogP contribution in [0.3, 0.4) is 0 Å². The van der Waals surface area contributed by atoms with Crippen LogP contribution in [0, 0.1) is 0 Å². The van der Waals surface area contributed by atoms with Crippen molar-refractivity contribution in [3.05, 3.63) is 204 Å². The SMILES string of the molecule is [2H]c1c([2H])c2c(c([2H])c1-c1c([2H])c([2H])c3c(c1[2H])C(C([2H])([2H])[2H])(C([2H])([2H])[2H])c1c([2H])c(-c4c([2H])c([2H])c5c([2H])c([2H])c6c([2H])c([2H])c([2H])c7c([2H])c([2H])c4c5c67)c([2H])c([2H])c1-3)C(C([2H])([2H])[2H])(C([2H])([2H])[2H])c1c([2H])c(-c3c([2H])c([2H])c4c([2H])c([2H])c5c([2H])c([2H])c([2H])c6c([2H])c([2H])c3c4c56)c([2H])c([2H])c1-2. The maximum Gasteiger partial charge on any atom is 0.0633 e. The normalized spacial score (nSPS) is 25.2. The number of fused-ring (bicyclic) bond motifs is 6. The maximum absolute atomic E-state index is 10.2. The van der Waals surface area contributed by atoms with Crippen LogP contribution in [0.1, 0.15) is 107 Å². The molecule has 0 radical (unpaired) electrons. The van der Waals surface area contributed by atoms with E-state index in [-0.39, 0.29) is 0 Å². The first kappa shape index (κ1) is 13.1. The molecule has 290 valence electrons. The Bertz CT molecular complexity index is 5690. The van der Waals surface area contributed by atoms with Gasteiger partial charge >= 0.3 is 0 Å². The van der Waals surface area contributed by atoms with Crippen molar-refractivity contribution in [2.24, 2.45) is 0 Å². The first-order valence-electron chi connectivity index (χ1n) is 39.8. The van der Waals surface area contributed by atoms with Crippen molar-refractivity contribution in [2.75, 3.05) is 0 Å². The Labute approximate surface area is 420 Å². The second kappa shape index (κ2) is 11.8. The van der Waals surface area contributed by atoms with E-state index in [9.17, 15) is 43.9 Å². The standard InChI is InChI=1S/C62H42/c1-61(2)53-31-41(19-25-47(53)49-27-21-43(33-55(49)61)45-23-15-39-13-11-35-7-5-9-37-17-29-51(45)59(39)57(35)37)42-20-26-48-50-28-22-44(34-56(50)62(3,4)54(48)32-42)46-24-16-40-14-12-36-8-6-10-38-18-30-52(46)60(40)58(36)38/h5-34H,1-4H3/i1D3,2D3,3D3,4D3,5D,6D,7D,8D,9D,10D,11D,12D,13D,14D,15D,16D,17D,18D,19D,20D,21D,22D,23D,24D,25D,26D,27D,28D,29D,30D,31D,32D,33D,34D. The Morgan fingerprint density at radius 2 is 0.581 bits per heavy atom. The van der Waals surface area contributed by atoms with Crippen LogP contribution in [-0.4, -0.2) is 0 Å². The fourth-order valence-electron chi connectivity index (χ4n) is 8.75. The molecule has 0 atom stereocenters. The highest BCUT2D eigenvalue weighted by molar-refractivity contribution is 6.26. The van der Waals surface area contributed by atoms with E-state index >= 15 is 0 Å². The van der Waals surface area contributed by atoms with Crippen molar-refractivity contribution < 1.29 is 57.6 Å². The topological polar surface area (TPSA) is 0 Å². The van der Waals surface area contributed by atoms with E-state index in [1.165, 1.54) is 0 Å². The minimum atomic E-state index is -4.25. The Hall–Kier alpha value is -7.28. The molecular formula is C62H42. The number of hydrogen-bond donors (Lipinski definition) is 0. The second-order valence-corrected chi connectivity index (χ2v) is 15.0. The molecule has 0 saturated heterocycles. The molecule has 0 heterocycles. The quantitative estimate of drug-likeness (QED) is 0.156. The summed E-state index contributed by atoms with van der Waals surface area (Å²) in [5.41, 5.74) is -25.2. The van der Waals surface area contributed by atoms with Crippen LogP contribution in [-0.2, 0) is 10.8 Å². The molecule has 2 aliphatic rings. The summed E-state index contributed by atoms with van der Waals surface area (Å²) in [6.45, 7) is -17.0. The van der Waals surface area contributed by atoms with E-state index in [1.54, 1.807) is 0 Å². The van der Waals surface area contributed by atoms with Gasteiger partial charge in [-0.05, 0) is 167 Å². The Morgan fingerprint density at radius 3 is 0.952 bits per heavy atom. The average Bonchev–Trinajstić information content (AvgIpc) is 1.39. The van der Waals surface area contributed by atoms with Crippen molar-refractivity contribution in [2.45, 2.75) is 38.2 Å². The van der Waals surface area contributed by atoms with E-state index in [1.807, 2.05) is 0 Å². The average molecular weight is 829 g/mol. The highest BCUT2D eigenvalue weighted by Crippen LogP contribution is 2.54. The van der Waals surface area contributed by atoms with Gasteiger partial charge in [0.15, 0.2) is 0 Å². The first-order chi connectivity index (χ1) is 47.8. The van der Waals surface area contributed by atoms with Crippen molar-refractivity contribution in [1.29, 1.82) is 0 Å². The first-order valence-corrected chi connectivity index (χ1v) is 18.8. The van der Waals surface area contributed by atoms with Crippen LogP contribution >= 0.6 is 0 Å².